The van der Waals surface area contributed by atoms with Gasteiger partial charge in [0.15, 0.2) is 0 Å². The van der Waals surface area contributed by atoms with Crippen LogP contribution in [0, 0.1) is 6.92 Å². The van der Waals surface area contributed by atoms with Crippen LogP contribution in [-0.2, 0) is 0 Å². The van der Waals surface area contributed by atoms with Crippen LogP contribution in [0.15, 0.2) is 12.1 Å². The molecule has 5 heteroatoms. The molecule has 1 aliphatic rings. The molecule has 4 nitrogen and oxygen atoms in total. The minimum Gasteiger partial charge on any atom is -0.389 e. The van der Waals surface area contributed by atoms with Crippen molar-refractivity contribution < 1.29 is 0 Å². The maximum Gasteiger partial charge on any atom is 0.138 e. The van der Waals surface area contributed by atoms with Gasteiger partial charge in [0.1, 0.15) is 10.8 Å². The average molecular weight is 292 g/mol. The molecule has 1 atom stereocenters. The van der Waals surface area contributed by atoms with Crippen molar-refractivity contribution >= 4 is 23.0 Å². The SMILES string of the molecule is CCN1CCCC1CN(C)c1nc(C)ccc1C(N)=S. The van der Waals surface area contributed by atoms with E-state index in [1.807, 2.05) is 19.1 Å². The smallest absolute Gasteiger partial charge is 0.138 e. The van der Waals surface area contributed by atoms with E-state index in [-0.39, 0.29) is 0 Å². The molecular formula is C15H24N4S. The minimum atomic E-state index is 0.415. The van der Waals surface area contributed by atoms with Gasteiger partial charge in [-0.3, -0.25) is 4.90 Å². The summed E-state index contributed by atoms with van der Waals surface area (Å²) in [6, 6.07) is 4.54. The fraction of sp³-hybridized carbons (Fsp3) is 0.600. The quantitative estimate of drug-likeness (QED) is 0.840. The second-order valence-corrected chi connectivity index (χ2v) is 5.93. The summed E-state index contributed by atoms with van der Waals surface area (Å²) in [6.45, 7) is 7.51. The third-order valence-corrected chi connectivity index (χ3v) is 4.25. The lowest BCUT2D eigenvalue weighted by Crippen LogP contribution is -2.39. The Bertz CT molecular complexity index is 489. The third kappa shape index (κ3) is 3.27. The van der Waals surface area contributed by atoms with Crippen LogP contribution in [-0.4, -0.2) is 47.6 Å². The van der Waals surface area contributed by atoms with Gasteiger partial charge in [0.2, 0.25) is 0 Å². The van der Waals surface area contributed by atoms with E-state index in [1.165, 1.54) is 19.4 Å². The zero-order valence-corrected chi connectivity index (χ0v) is 13.4. The summed E-state index contributed by atoms with van der Waals surface area (Å²) in [6.07, 6.45) is 2.54. The molecule has 1 aromatic heterocycles. The van der Waals surface area contributed by atoms with E-state index < -0.39 is 0 Å². The van der Waals surface area contributed by atoms with Gasteiger partial charge in [-0.15, -0.1) is 0 Å². The molecule has 0 bridgehead atoms. The molecule has 1 unspecified atom stereocenters. The van der Waals surface area contributed by atoms with E-state index in [9.17, 15) is 0 Å². The Balaban J connectivity index is 2.18. The number of nitrogens with zero attached hydrogens (tertiary/aromatic N) is 3. The maximum atomic E-state index is 5.82. The molecule has 0 aliphatic carbocycles. The highest BCUT2D eigenvalue weighted by atomic mass is 32.1. The average Bonchev–Trinajstić information content (AvgIpc) is 2.85. The number of aromatic nitrogens is 1. The van der Waals surface area contributed by atoms with Crippen LogP contribution in [0.4, 0.5) is 5.82 Å². The molecule has 0 amide bonds. The lowest BCUT2D eigenvalue weighted by atomic mass is 10.1. The van der Waals surface area contributed by atoms with Gasteiger partial charge in [-0.2, -0.15) is 0 Å². The number of thiocarbonyl (C=S) groups is 1. The van der Waals surface area contributed by atoms with Crippen molar-refractivity contribution in [1.82, 2.24) is 9.88 Å². The van der Waals surface area contributed by atoms with E-state index >= 15 is 0 Å². The fourth-order valence-electron chi connectivity index (χ4n) is 2.95. The Hall–Kier alpha value is -1.20. The first-order chi connectivity index (χ1) is 9.52. The monoisotopic (exact) mass is 292 g/mol. The molecule has 0 spiro atoms. The number of nitrogens with two attached hydrogens (primary N) is 1. The molecule has 110 valence electrons. The maximum absolute atomic E-state index is 5.82. The van der Waals surface area contributed by atoms with Crippen molar-refractivity contribution in [2.45, 2.75) is 32.7 Å². The summed E-state index contributed by atoms with van der Waals surface area (Å²) >= 11 is 5.14. The lowest BCUT2D eigenvalue weighted by molar-refractivity contribution is 0.270. The Morgan fingerprint density at radius 3 is 2.95 bits per heavy atom. The van der Waals surface area contributed by atoms with Crippen LogP contribution >= 0.6 is 12.2 Å². The summed E-state index contributed by atoms with van der Waals surface area (Å²) < 4.78 is 0. The van der Waals surface area contributed by atoms with Gasteiger partial charge in [0.25, 0.3) is 0 Å². The number of rotatable bonds is 5. The number of anilines is 1. The highest BCUT2D eigenvalue weighted by molar-refractivity contribution is 7.80. The molecule has 1 aromatic rings. The second kappa shape index (κ2) is 6.50. The molecular weight excluding hydrogens is 268 g/mol. The van der Waals surface area contributed by atoms with Crippen molar-refractivity contribution in [2.24, 2.45) is 5.73 Å². The number of aryl methyl sites for hydroxylation is 1. The number of likely N-dealkylation sites (tertiary alicyclic amines) is 1. The third-order valence-electron chi connectivity index (χ3n) is 4.03. The zero-order valence-electron chi connectivity index (χ0n) is 12.6. The first-order valence-electron chi connectivity index (χ1n) is 7.25. The predicted octanol–water partition coefficient (Wildman–Crippen LogP) is 1.94. The Labute approximate surface area is 127 Å². The van der Waals surface area contributed by atoms with Crippen LogP contribution < -0.4 is 10.6 Å². The predicted molar refractivity (Wildman–Crippen MR) is 88.4 cm³/mol. The van der Waals surface area contributed by atoms with Crippen molar-refractivity contribution in [3.63, 3.8) is 0 Å². The Kier molecular flexibility index (Phi) is 4.94. The summed E-state index contributed by atoms with van der Waals surface area (Å²) in [5.74, 6) is 0.903. The Morgan fingerprint density at radius 2 is 2.30 bits per heavy atom. The van der Waals surface area contributed by atoms with Crippen LogP contribution in [0.2, 0.25) is 0 Å². The first-order valence-corrected chi connectivity index (χ1v) is 7.66. The lowest BCUT2D eigenvalue weighted by Gasteiger charge is -2.29. The summed E-state index contributed by atoms with van der Waals surface area (Å²) in [4.78, 5) is 9.77. The molecule has 20 heavy (non-hydrogen) atoms. The van der Waals surface area contributed by atoms with Crippen LogP contribution in [0.5, 0.6) is 0 Å². The van der Waals surface area contributed by atoms with Crippen LogP contribution in [0.25, 0.3) is 0 Å². The second-order valence-electron chi connectivity index (χ2n) is 5.49. The number of hydrogen-bond acceptors (Lipinski definition) is 4. The largest absolute Gasteiger partial charge is 0.389 e. The molecule has 0 aromatic carbocycles. The van der Waals surface area contributed by atoms with E-state index in [0.29, 0.717) is 11.0 Å². The van der Waals surface area contributed by atoms with Gasteiger partial charge in [0, 0.05) is 25.3 Å². The standard InChI is InChI=1S/C15H24N4S/c1-4-19-9-5-6-12(19)10-18(3)15-13(14(16)20)8-7-11(2)17-15/h7-8,12H,4-6,9-10H2,1-3H3,(H2,16,20). The van der Waals surface area contributed by atoms with Gasteiger partial charge in [-0.1, -0.05) is 19.1 Å². The Morgan fingerprint density at radius 1 is 1.55 bits per heavy atom. The normalized spacial score (nSPS) is 19.2. The van der Waals surface area contributed by atoms with Crippen LogP contribution in [0.3, 0.4) is 0 Å². The first kappa shape index (κ1) is 15.2. The minimum absolute atomic E-state index is 0.415. The van der Waals surface area contributed by atoms with Gasteiger partial charge >= 0.3 is 0 Å². The van der Waals surface area contributed by atoms with Crippen molar-refractivity contribution in [3.8, 4) is 0 Å². The molecule has 2 N–H and O–H groups in total. The van der Waals surface area contributed by atoms with Crippen molar-refractivity contribution in [3.05, 3.63) is 23.4 Å². The summed E-state index contributed by atoms with van der Waals surface area (Å²) in [5, 5.41) is 0. The zero-order chi connectivity index (χ0) is 14.7. The fourth-order valence-corrected chi connectivity index (χ4v) is 3.11. The van der Waals surface area contributed by atoms with E-state index in [4.69, 9.17) is 18.0 Å². The number of likely N-dealkylation sites (N-methyl/N-ethyl adjacent to an activating group) is 2. The van der Waals surface area contributed by atoms with Crippen LogP contribution in [0.1, 0.15) is 31.0 Å². The highest BCUT2D eigenvalue weighted by Crippen LogP contribution is 2.22. The van der Waals surface area contributed by atoms with E-state index in [1.54, 1.807) is 0 Å². The number of pyridine rings is 1. The van der Waals surface area contributed by atoms with Gasteiger partial charge in [0.05, 0.1) is 5.56 Å². The van der Waals surface area contributed by atoms with Gasteiger partial charge in [-0.25, -0.2) is 4.98 Å². The van der Waals surface area contributed by atoms with Crippen molar-refractivity contribution in [1.29, 1.82) is 0 Å². The molecule has 0 radical (unpaired) electrons. The summed E-state index contributed by atoms with van der Waals surface area (Å²) in [7, 11) is 2.08. The molecule has 1 saturated heterocycles. The molecule has 0 saturated carbocycles. The highest BCUT2D eigenvalue weighted by Gasteiger charge is 2.25. The molecule has 1 fully saturated rings. The van der Waals surface area contributed by atoms with E-state index in [0.717, 1.165) is 30.2 Å². The molecule has 2 rings (SSSR count). The van der Waals surface area contributed by atoms with E-state index in [2.05, 4.69) is 28.8 Å². The van der Waals surface area contributed by atoms with Gasteiger partial charge in [-0.05, 0) is 45.0 Å². The topological polar surface area (TPSA) is 45.4 Å². The molecule has 1 aliphatic heterocycles. The number of hydrogen-bond donors (Lipinski definition) is 1. The summed E-state index contributed by atoms with van der Waals surface area (Å²) in [5.41, 5.74) is 7.68. The molecule has 2 heterocycles. The van der Waals surface area contributed by atoms with Gasteiger partial charge < -0.3 is 10.6 Å². The van der Waals surface area contributed by atoms with Crippen molar-refractivity contribution in [2.75, 3.05) is 31.6 Å².